The highest BCUT2D eigenvalue weighted by Crippen LogP contribution is 2.33. The summed E-state index contributed by atoms with van der Waals surface area (Å²) in [5.74, 6) is -0.231. The second-order valence-electron chi connectivity index (χ2n) is 6.50. The van der Waals surface area contributed by atoms with Crippen molar-refractivity contribution >= 4 is 28.6 Å². The van der Waals surface area contributed by atoms with E-state index in [0.717, 1.165) is 11.4 Å². The number of anilines is 3. The van der Waals surface area contributed by atoms with E-state index in [1.807, 2.05) is 49.3 Å². The number of fused-ring (bicyclic) bond motifs is 2. The third kappa shape index (κ3) is 2.56. The predicted octanol–water partition coefficient (Wildman–Crippen LogP) is 4.27. The summed E-state index contributed by atoms with van der Waals surface area (Å²) < 4.78 is 0. The highest BCUT2D eigenvalue weighted by atomic mass is 16.1. The van der Waals surface area contributed by atoms with Crippen LogP contribution in [0, 0.1) is 0 Å². The number of nitrogens with zero attached hydrogens (tertiary/aromatic N) is 1. The second-order valence-corrected chi connectivity index (χ2v) is 6.50. The molecule has 0 atom stereocenters. The van der Waals surface area contributed by atoms with Crippen LogP contribution in [0.5, 0.6) is 0 Å². The van der Waals surface area contributed by atoms with Gasteiger partial charge in [-0.05, 0) is 30.3 Å². The van der Waals surface area contributed by atoms with Crippen LogP contribution >= 0.6 is 0 Å². The maximum Gasteiger partial charge on any atom is 0.196 e. The predicted molar refractivity (Wildman–Crippen MR) is 104 cm³/mol. The molecule has 1 aliphatic rings. The van der Waals surface area contributed by atoms with Crippen molar-refractivity contribution in [2.24, 2.45) is 0 Å². The molecule has 4 heteroatoms. The Morgan fingerprint density at radius 3 is 1.96 bits per heavy atom. The van der Waals surface area contributed by atoms with Gasteiger partial charge in [0, 0.05) is 42.2 Å². The van der Waals surface area contributed by atoms with Crippen LogP contribution < -0.4 is 10.2 Å². The number of ketones is 2. The maximum absolute atomic E-state index is 13.0. The van der Waals surface area contributed by atoms with E-state index in [1.54, 1.807) is 36.4 Å². The van der Waals surface area contributed by atoms with Crippen molar-refractivity contribution in [1.29, 1.82) is 0 Å². The Balaban J connectivity index is 1.76. The fourth-order valence-electron chi connectivity index (χ4n) is 3.25. The van der Waals surface area contributed by atoms with Gasteiger partial charge in [0.05, 0.1) is 11.3 Å². The first-order chi connectivity index (χ1) is 12.6. The topological polar surface area (TPSA) is 49.4 Å². The Hall–Kier alpha value is -3.40. The Labute approximate surface area is 152 Å². The summed E-state index contributed by atoms with van der Waals surface area (Å²) in [6.07, 6.45) is 0. The lowest BCUT2D eigenvalue weighted by atomic mass is 9.83. The summed E-state index contributed by atoms with van der Waals surface area (Å²) in [5, 5.41) is 3.29. The van der Waals surface area contributed by atoms with Gasteiger partial charge in [0.15, 0.2) is 11.6 Å². The zero-order chi connectivity index (χ0) is 18.3. The molecule has 0 saturated carbocycles. The van der Waals surface area contributed by atoms with Crippen molar-refractivity contribution in [2.45, 2.75) is 0 Å². The van der Waals surface area contributed by atoms with Crippen molar-refractivity contribution in [1.82, 2.24) is 0 Å². The van der Waals surface area contributed by atoms with Gasteiger partial charge in [-0.3, -0.25) is 9.59 Å². The number of hydrogen-bond acceptors (Lipinski definition) is 4. The Morgan fingerprint density at radius 2 is 1.31 bits per heavy atom. The van der Waals surface area contributed by atoms with Gasteiger partial charge >= 0.3 is 0 Å². The number of carbonyl (C=O) groups is 2. The minimum Gasteiger partial charge on any atom is -0.378 e. The van der Waals surface area contributed by atoms with E-state index >= 15 is 0 Å². The molecule has 26 heavy (non-hydrogen) atoms. The van der Waals surface area contributed by atoms with Crippen molar-refractivity contribution in [3.8, 4) is 0 Å². The molecule has 0 unspecified atom stereocenters. The molecule has 4 rings (SSSR count). The molecule has 128 valence electrons. The monoisotopic (exact) mass is 342 g/mol. The average Bonchev–Trinajstić information content (AvgIpc) is 2.66. The SMILES string of the molecule is CN(C)c1ccc(Nc2cccc3c2C(=O)c2ccccc2C3=O)cc1. The van der Waals surface area contributed by atoms with Gasteiger partial charge in [-0.25, -0.2) is 0 Å². The molecule has 1 N–H and O–H groups in total. The van der Waals surface area contributed by atoms with E-state index in [-0.39, 0.29) is 11.6 Å². The van der Waals surface area contributed by atoms with Crippen molar-refractivity contribution in [3.63, 3.8) is 0 Å². The quantitative estimate of drug-likeness (QED) is 0.604. The van der Waals surface area contributed by atoms with Crippen LogP contribution in [-0.4, -0.2) is 25.7 Å². The molecule has 0 spiro atoms. The van der Waals surface area contributed by atoms with Crippen LogP contribution in [0.25, 0.3) is 0 Å². The molecule has 0 amide bonds. The van der Waals surface area contributed by atoms with Crippen molar-refractivity contribution in [3.05, 3.63) is 89.0 Å². The molecule has 0 saturated heterocycles. The van der Waals surface area contributed by atoms with E-state index < -0.39 is 0 Å². The highest BCUT2D eigenvalue weighted by Gasteiger charge is 2.31. The van der Waals surface area contributed by atoms with Gasteiger partial charge in [-0.15, -0.1) is 0 Å². The first-order valence-electron chi connectivity index (χ1n) is 8.42. The van der Waals surface area contributed by atoms with Crippen LogP contribution in [0.4, 0.5) is 17.1 Å². The zero-order valence-corrected chi connectivity index (χ0v) is 14.6. The lowest BCUT2D eigenvalue weighted by Gasteiger charge is -2.21. The third-order valence-corrected chi connectivity index (χ3v) is 4.62. The average molecular weight is 342 g/mol. The van der Waals surface area contributed by atoms with E-state index in [0.29, 0.717) is 27.9 Å². The normalized spacial score (nSPS) is 12.4. The first kappa shape index (κ1) is 16.1. The molecule has 4 nitrogen and oxygen atoms in total. The molecular formula is C22H18N2O2. The second kappa shape index (κ2) is 6.15. The molecule has 3 aromatic rings. The third-order valence-electron chi connectivity index (χ3n) is 4.62. The molecule has 0 radical (unpaired) electrons. The fraction of sp³-hybridized carbons (Fsp3) is 0.0909. The summed E-state index contributed by atoms with van der Waals surface area (Å²) in [7, 11) is 3.97. The summed E-state index contributed by atoms with van der Waals surface area (Å²) in [5.41, 5.74) is 4.41. The minimum absolute atomic E-state index is 0.109. The van der Waals surface area contributed by atoms with Gasteiger partial charge < -0.3 is 10.2 Å². The Kier molecular flexibility index (Phi) is 3.81. The molecule has 0 bridgehead atoms. The fourth-order valence-corrected chi connectivity index (χ4v) is 3.25. The summed E-state index contributed by atoms with van der Waals surface area (Å²) in [6.45, 7) is 0. The largest absolute Gasteiger partial charge is 0.378 e. The Morgan fingerprint density at radius 1 is 0.692 bits per heavy atom. The van der Waals surface area contributed by atoms with Crippen LogP contribution in [0.1, 0.15) is 31.8 Å². The summed E-state index contributed by atoms with van der Waals surface area (Å²) in [6, 6.07) is 20.2. The number of nitrogens with one attached hydrogen (secondary N) is 1. The van der Waals surface area contributed by atoms with E-state index in [1.165, 1.54) is 0 Å². The molecule has 3 aromatic carbocycles. The van der Waals surface area contributed by atoms with Gasteiger partial charge in [0.1, 0.15) is 0 Å². The van der Waals surface area contributed by atoms with Gasteiger partial charge in [-0.2, -0.15) is 0 Å². The number of benzene rings is 3. The molecule has 0 heterocycles. The van der Waals surface area contributed by atoms with Crippen LogP contribution in [-0.2, 0) is 0 Å². The first-order valence-corrected chi connectivity index (χ1v) is 8.42. The molecule has 0 aliphatic heterocycles. The van der Waals surface area contributed by atoms with Crippen LogP contribution in [0.2, 0.25) is 0 Å². The lowest BCUT2D eigenvalue weighted by molar-refractivity contribution is 0.0979. The smallest absolute Gasteiger partial charge is 0.196 e. The number of hydrogen-bond donors (Lipinski definition) is 1. The summed E-state index contributed by atoms with van der Waals surface area (Å²) >= 11 is 0. The molecule has 0 fully saturated rings. The lowest BCUT2D eigenvalue weighted by Crippen LogP contribution is -2.22. The number of rotatable bonds is 3. The zero-order valence-electron chi connectivity index (χ0n) is 14.6. The van der Waals surface area contributed by atoms with Crippen molar-refractivity contribution in [2.75, 3.05) is 24.3 Å². The maximum atomic E-state index is 13.0. The van der Waals surface area contributed by atoms with Gasteiger partial charge in [0.2, 0.25) is 0 Å². The molecule has 1 aliphatic carbocycles. The standard InChI is InChI=1S/C22H18N2O2/c1-24(2)15-12-10-14(11-13-15)23-19-9-5-8-18-20(19)22(26)17-7-4-3-6-16(17)21(18)25/h3-13,23H,1-2H3. The van der Waals surface area contributed by atoms with E-state index in [9.17, 15) is 9.59 Å². The number of carbonyl (C=O) groups excluding carboxylic acids is 2. The summed E-state index contributed by atoms with van der Waals surface area (Å²) in [4.78, 5) is 27.8. The van der Waals surface area contributed by atoms with Gasteiger partial charge in [0.25, 0.3) is 0 Å². The van der Waals surface area contributed by atoms with Crippen LogP contribution in [0.15, 0.2) is 66.7 Å². The van der Waals surface area contributed by atoms with Gasteiger partial charge in [-0.1, -0.05) is 36.4 Å². The van der Waals surface area contributed by atoms with E-state index in [4.69, 9.17) is 0 Å². The molecular weight excluding hydrogens is 324 g/mol. The van der Waals surface area contributed by atoms with Crippen molar-refractivity contribution < 1.29 is 9.59 Å². The molecule has 0 aromatic heterocycles. The Bertz CT molecular complexity index is 1020. The minimum atomic E-state index is -0.122. The highest BCUT2D eigenvalue weighted by molar-refractivity contribution is 6.30. The van der Waals surface area contributed by atoms with E-state index in [2.05, 4.69) is 5.32 Å². The van der Waals surface area contributed by atoms with Crippen LogP contribution in [0.3, 0.4) is 0 Å².